The van der Waals surface area contributed by atoms with E-state index in [0.717, 1.165) is 67.4 Å². The molecule has 0 amide bonds. The molecule has 0 saturated heterocycles. The van der Waals surface area contributed by atoms with Gasteiger partial charge in [-0.3, -0.25) is 4.79 Å². The maximum atomic E-state index is 13.5. The van der Waals surface area contributed by atoms with Crippen LogP contribution in [0.1, 0.15) is 131 Å². The van der Waals surface area contributed by atoms with Crippen LogP contribution in [0.5, 0.6) is 5.75 Å². The smallest absolute Gasteiger partial charge is 0.397 e. The summed E-state index contributed by atoms with van der Waals surface area (Å²) in [4.78, 5) is 26.1. The highest BCUT2D eigenvalue weighted by atomic mass is 35.5. The number of benzene rings is 2. The number of fused-ring (bicyclic) bond motifs is 3. The third-order valence-electron chi connectivity index (χ3n) is 12.9. The molecular weight excluding hydrogens is 700 g/mol. The van der Waals surface area contributed by atoms with Crippen molar-refractivity contribution in [2.45, 2.75) is 134 Å². The van der Waals surface area contributed by atoms with Crippen molar-refractivity contribution in [2.75, 3.05) is 19.0 Å². The third-order valence-corrected chi connectivity index (χ3v) is 16.5. The maximum Gasteiger partial charge on any atom is 0.397 e. The Hall–Kier alpha value is -3.20. The largest absolute Gasteiger partial charge is 0.493 e. The average Bonchev–Trinajstić information content (AvgIpc) is 3.40. The van der Waals surface area contributed by atoms with E-state index in [2.05, 4.69) is 75.4 Å². The number of aliphatic hydroxyl groups is 1. The highest BCUT2D eigenvalue weighted by molar-refractivity contribution is 6.58. The number of anilines is 1. The van der Waals surface area contributed by atoms with Crippen LogP contribution in [0.25, 0.3) is 0 Å². The van der Waals surface area contributed by atoms with E-state index in [9.17, 15) is 14.7 Å². The number of nitrogens with zero attached hydrogens (tertiary/aromatic N) is 1. The minimum atomic E-state index is -0.873. The maximum absolute atomic E-state index is 13.5. The molecule has 0 unspecified atom stereocenters. The van der Waals surface area contributed by atoms with Crippen molar-refractivity contribution in [1.29, 1.82) is 0 Å². The average molecular weight is 760 g/mol. The summed E-state index contributed by atoms with van der Waals surface area (Å²) in [6.45, 7) is 16.1. The van der Waals surface area contributed by atoms with Gasteiger partial charge in [-0.2, -0.15) is 4.57 Å². The van der Waals surface area contributed by atoms with Gasteiger partial charge in [0.25, 0.3) is 6.17 Å². The predicted molar refractivity (Wildman–Crippen MR) is 213 cm³/mol. The van der Waals surface area contributed by atoms with E-state index in [1.807, 2.05) is 30.3 Å². The number of aliphatic hydroxyl groups excluding tert-OH is 1. The fraction of sp³-hybridized carbons (Fsp3) is 0.568. The highest BCUT2D eigenvalue weighted by Gasteiger charge is 2.54. The second-order valence-corrected chi connectivity index (χ2v) is 21.3. The SMILES string of the molecule is COC(=O)C1(Nc2cccc(Cl)c2)CCC2(CC1)c1cc(C(C)=O)ccc1C[C@@H]2C[C@@H](C)COc1cc[n+](C[Si+](C)C(C)(C)C)c2c1[C@H](C)CC[C@H]2O. The molecule has 2 N–H and O–H groups in total. The first kappa shape index (κ1) is 39.5. The molecule has 3 aliphatic rings. The molecular formula is C44H59ClN2O5Si+2. The minimum Gasteiger partial charge on any atom is -0.493 e. The summed E-state index contributed by atoms with van der Waals surface area (Å²) in [5.41, 5.74) is 5.27. The lowest BCUT2D eigenvalue weighted by molar-refractivity contribution is -0.692. The van der Waals surface area contributed by atoms with Gasteiger partial charge in [0, 0.05) is 22.3 Å². The summed E-state index contributed by atoms with van der Waals surface area (Å²) >= 11 is 6.33. The van der Waals surface area contributed by atoms with Gasteiger partial charge in [0.15, 0.2) is 12.0 Å². The van der Waals surface area contributed by atoms with Crippen molar-refractivity contribution < 1.29 is 28.7 Å². The number of hydrogen-bond donors (Lipinski definition) is 2. The van der Waals surface area contributed by atoms with E-state index in [0.29, 0.717) is 36.3 Å². The first-order valence-corrected chi connectivity index (χ1v) is 22.1. The van der Waals surface area contributed by atoms with Crippen LogP contribution in [-0.4, -0.2) is 44.9 Å². The molecule has 284 valence electrons. The summed E-state index contributed by atoms with van der Waals surface area (Å²) in [6.07, 6.45) is 9.01. The van der Waals surface area contributed by atoms with Gasteiger partial charge in [-0.15, -0.1) is 0 Å². The Morgan fingerprint density at radius 3 is 2.49 bits per heavy atom. The van der Waals surface area contributed by atoms with E-state index in [-0.39, 0.29) is 28.1 Å². The molecule has 6 rings (SSSR count). The Balaban J connectivity index is 1.25. The molecule has 1 fully saturated rings. The summed E-state index contributed by atoms with van der Waals surface area (Å²) < 4.78 is 14.5. The van der Waals surface area contributed by atoms with Gasteiger partial charge in [0.2, 0.25) is 5.69 Å². The molecule has 7 nitrogen and oxygen atoms in total. The van der Waals surface area contributed by atoms with Gasteiger partial charge in [-0.25, -0.2) is 4.79 Å². The van der Waals surface area contributed by atoms with E-state index in [1.165, 1.54) is 23.8 Å². The zero-order chi connectivity index (χ0) is 38.3. The topological polar surface area (TPSA) is 88.7 Å². The molecule has 1 spiro atoms. The Kier molecular flexibility index (Phi) is 11.6. The second kappa shape index (κ2) is 15.5. The van der Waals surface area contributed by atoms with Crippen LogP contribution in [0.4, 0.5) is 5.69 Å². The van der Waals surface area contributed by atoms with Crippen molar-refractivity contribution >= 4 is 37.8 Å². The fourth-order valence-corrected chi connectivity index (χ4v) is 10.8. The summed E-state index contributed by atoms with van der Waals surface area (Å²) in [5.74, 6) is 1.61. The van der Waals surface area contributed by atoms with Gasteiger partial charge < -0.3 is 19.9 Å². The molecule has 0 radical (unpaired) electrons. The third kappa shape index (κ3) is 7.97. The molecule has 0 bridgehead atoms. The monoisotopic (exact) mass is 758 g/mol. The number of pyridine rings is 1. The van der Waals surface area contributed by atoms with Gasteiger partial charge in [-0.05, 0) is 138 Å². The number of esters is 1. The molecule has 0 aliphatic heterocycles. The first-order valence-electron chi connectivity index (χ1n) is 19.5. The Labute approximate surface area is 323 Å². The number of rotatable bonds is 11. The lowest BCUT2D eigenvalue weighted by Crippen LogP contribution is -2.53. The van der Waals surface area contributed by atoms with Crippen LogP contribution in [-0.2, 0) is 27.5 Å². The molecule has 9 heteroatoms. The van der Waals surface area contributed by atoms with Gasteiger partial charge in [0.05, 0.1) is 30.9 Å². The molecule has 3 aromatic rings. The number of aromatic nitrogens is 1. The summed E-state index contributed by atoms with van der Waals surface area (Å²) in [5, 5.41) is 15.7. The van der Waals surface area contributed by atoms with Crippen molar-refractivity contribution in [3.05, 3.63) is 87.7 Å². The van der Waals surface area contributed by atoms with Gasteiger partial charge in [0.1, 0.15) is 17.4 Å². The van der Waals surface area contributed by atoms with E-state index in [1.54, 1.807) is 6.92 Å². The number of methoxy groups -OCH3 is 1. The van der Waals surface area contributed by atoms with Crippen molar-refractivity contribution in [2.24, 2.45) is 11.8 Å². The molecule has 4 atom stereocenters. The van der Waals surface area contributed by atoms with Crippen LogP contribution in [0.2, 0.25) is 16.6 Å². The first-order chi connectivity index (χ1) is 25.1. The van der Waals surface area contributed by atoms with E-state index < -0.39 is 20.4 Å². The summed E-state index contributed by atoms with van der Waals surface area (Å²) in [7, 11) is 0.761. The molecule has 53 heavy (non-hydrogen) atoms. The Morgan fingerprint density at radius 1 is 1.09 bits per heavy atom. The molecule has 2 aromatic carbocycles. The second-order valence-electron chi connectivity index (χ2n) is 17.5. The Bertz CT molecular complexity index is 1830. The van der Waals surface area contributed by atoms with Gasteiger partial charge in [-0.1, -0.05) is 43.6 Å². The van der Waals surface area contributed by atoms with Crippen LogP contribution in [0, 0.1) is 11.8 Å². The normalized spacial score (nSPS) is 25.7. The minimum absolute atomic E-state index is 0.0666. The lowest BCUT2D eigenvalue weighted by Gasteiger charge is -2.48. The number of carbonyl (C=O) groups is 2. The number of Topliss-reactive ketones (excluding diaryl/α,β-unsaturated/α-hetero) is 1. The molecule has 1 aromatic heterocycles. The highest BCUT2D eigenvalue weighted by Crippen LogP contribution is 2.56. The summed E-state index contributed by atoms with van der Waals surface area (Å²) in [6, 6.07) is 15.9. The number of nitrogens with one attached hydrogen (secondary N) is 1. The van der Waals surface area contributed by atoms with Crippen LogP contribution >= 0.6 is 11.6 Å². The predicted octanol–water partition coefficient (Wildman–Crippen LogP) is 9.34. The van der Waals surface area contributed by atoms with E-state index >= 15 is 0 Å². The Morgan fingerprint density at radius 2 is 1.83 bits per heavy atom. The molecule has 1 heterocycles. The number of halogens is 1. The fourth-order valence-electron chi connectivity index (χ4n) is 9.35. The number of hydrogen-bond acceptors (Lipinski definition) is 6. The number of ketones is 1. The van der Waals surface area contributed by atoms with Crippen LogP contribution < -0.4 is 14.6 Å². The molecule has 1 saturated carbocycles. The zero-order valence-electron chi connectivity index (χ0n) is 33.0. The standard InChI is InChI=1S/C44H59ClN2O5Si/c1-28(26-52-38-16-21-47(27-53(8)42(4,5)6)40-37(49)15-12-29(2)39(38)40)22-33-23-32-14-13-31(30(3)48)24-36(32)43(33)17-19-44(20-18-43,41(50)51-7)46-35-11-9-10-34(45)25-35/h9-11,13-14,16,21,24-25,28-29,33,37,46,49H,12,15,17-20,22-23,26-27H2,1-8H3/q+2/t28-,29-,33+,37-,43?,44?/m1/s1. The van der Waals surface area contributed by atoms with Crippen molar-refractivity contribution in [1.82, 2.24) is 0 Å². The number of carbonyl (C=O) groups excluding carboxylic acids is 2. The van der Waals surface area contributed by atoms with E-state index in [4.69, 9.17) is 21.1 Å². The van der Waals surface area contributed by atoms with Crippen LogP contribution in [0.15, 0.2) is 54.7 Å². The van der Waals surface area contributed by atoms with Gasteiger partial charge >= 0.3 is 14.8 Å². The van der Waals surface area contributed by atoms with Crippen LogP contribution in [0.3, 0.4) is 0 Å². The zero-order valence-corrected chi connectivity index (χ0v) is 34.7. The van der Waals surface area contributed by atoms with Crippen molar-refractivity contribution in [3.8, 4) is 5.75 Å². The molecule has 3 aliphatic carbocycles. The van der Waals surface area contributed by atoms with Crippen molar-refractivity contribution in [3.63, 3.8) is 0 Å². The quantitative estimate of drug-likeness (QED) is 0.0878. The lowest BCUT2D eigenvalue weighted by atomic mass is 9.59. The number of ether oxygens (including phenoxy) is 2.